The van der Waals surface area contributed by atoms with Crippen molar-refractivity contribution in [3.63, 3.8) is 0 Å². The molecule has 0 aliphatic carbocycles. The Labute approximate surface area is 328 Å². The quantitative estimate of drug-likeness (QED) is 0.0760. The van der Waals surface area contributed by atoms with Gasteiger partial charge in [0.2, 0.25) is 11.9 Å². The van der Waals surface area contributed by atoms with Gasteiger partial charge in [-0.3, -0.25) is 14.7 Å². The molecule has 0 fully saturated rings. The number of nitrogens with two attached hydrogens (primary N) is 2. The minimum atomic E-state index is 0.0901. The number of nitrogens with one attached hydrogen (secondary N) is 1. The number of hydrogen-bond acceptors (Lipinski definition) is 13. The van der Waals surface area contributed by atoms with Gasteiger partial charge in [0, 0.05) is 56.1 Å². The van der Waals surface area contributed by atoms with E-state index >= 15 is 0 Å². The van der Waals surface area contributed by atoms with Crippen LogP contribution in [0.1, 0.15) is 35.0 Å². The second-order valence-electron chi connectivity index (χ2n) is 13.6. The van der Waals surface area contributed by atoms with E-state index < -0.39 is 0 Å². The minimum Gasteiger partial charge on any atom is -0.497 e. The van der Waals surface area contributed by atoms with Gasteiger partial charge < -0.3 is 31.0 Å². The standard InChI is InChI=1S/C43H50N10O3/c1-6-30-15-17-32(18-16-30)26-52(3)28-34-22-41(50-43(45)47-34)53(35-13-10-14-36(23-35)54-4)29-56-37-19-20-39(55-5)38(24-37)48-40-21-33(46-42(44)49-40)27-51(2)25-31-11-8-7-9-12-31/h7-24H,6,25-29H2,1-5H3,(H2,45,47,50)(H3,44,46,48,49). The van der Waals surface area contributed by atoms with E-state index in [1.807, 2.05) is 84.7 Å². The molecule has 0 spiro atoms. The topological polar surface area (TPSA) is 153 Å². The Bertz CT molecular complexity index is 2190. The summed E-state index contributed by atoms with van der Waals surface area (Å²) in [6.45, 7) is 4.91. The molecule has 4 aromatic carbocycles. The fraction of sp³-hybridized carbons (Fsp3) is 0.256. The molecule has 290 valence electrons. The molecular formula is C43H50N10O3. The number of nitrogen functional groups attached to an aromatic ring is 2. The third kappa shape index (κ3) is 10.8. The molecule has 0 aliphatic heterocycles. The van der Waals surface area contributed by atoms with Gasteiger partial charge in [-0.2, -0.15) is 9.97 Å². The summed E-state index contributed by atoms with van der Waals surface area (Å²) < 4.78 is 17.7. The maximum atomic E-state index is 6.46. The summed E-state index contributed by atoms with van der Waals surface area (Å²) in [7, 11) is 7.35. The number of benzene rings is 4. The van der Waals surface area contributed by atoms with Crippen LogP contribution in [0.4, 0.5) is 34.9 Å². The molecular weight excluding hydrogens is 705 g/mol. The van der Waals surface area contributed by atoms with Crippen molar-refractivity contribution in [2.24, 2.45) is 0 Å². The van der Waals surface area contributed by atoms with Gasteiger partial charge in [-0.15, -0.1) is 0 Å². The van der Waals surface area contributed by atoms with Crippen LogP contribution in [0.25, 0.3) is 0 Å². The summed E-state index contributed by atoms with van der Waals surface area (Å²) in [5.74, 6) is 3.29. The Kier molecular flexibility index (Phi) is 13.1. The van der Waals surface area contributed by atoms with E-state index in [0.717, 1.165) is 36.6 Å². The highest BCUT2D eigenvalue weighted by atomic mass is 16.5. The summed E-state index contributed by atoms with van der Waals surface area (Å²) in [4.78, 5) is 24.4. The van der Waals surface area contributed by atoms with Gasteiger partial charge >= 0.3 is 0 Å². The van der Waals surface area contributed by atoms with E-state index in [9.17, 15) is 0 Å². The zero-order valence-electron chi connectivity index (χ0n) is 32.6. The Hall–Kier alpha value is -6.44. The van der Waals surface area contributed by atoms with E-state index in [2.05, 4.69) is 85.4 Å². The van der Waals surface area contributed by atoms with Crippen LogP contribution in [0.3, 0.4) is 0 Å². The molecule has 6 rings (SSSR count). The van der Waals surface area contributed by atoms with Crippen molar-refractivity contribution in [3.8, 4) is 17.2 Å². The molecule has 56 heavy (non-hydrogen) atoms. The van der Waals surface area contributed by atoms with Crippen LogP contribution >= 0.6 is 0 Å². The first-order chi connectivity index (χ1) is 27.2. The fourth-order valence-corrected chi connectivity index (χ4v) is 6.34. The molecule has 0 saturated heterocycles. The summed E-state index contributed by atoms with van der Waals surface area (Å²) in [5.41, 5.74) is 19.2. The maximum absolute atomic E-state index is 6.46. The Morgan fingerprint density at radius 1 is 0.607 bits per heavy atom. The zero-order chi connectivity index (χ0) is 39.4. The number of rotatable bonds is 18. The highest BCUT2D eigenvalue weighted by Crippen LogP contribution is 2.33. The highest BCUT2D eigenvalue weighted by Gasteiger charge is 2.18. The molecule has 6 aromatic rings. The molecule has 13 nitrogen and oxygen atoms in total. The number of hydrogen-bond donors (Lipinski definition) is 3. The van der Waals surface area contributed by atoms with Gasteiger partial charge in [0.05, 0.1) is 31.3 Å². The number of nitrogens with zero attached hydrogens (tertiary/aromatic N) is 7. The van der Waals surface area contributed by atoms with E-state index in [4.69, 9.17) is 25.7 Å². The van der Waals surface area contributed by atoms with Crippen molar-refractivity contribution in [2.45, 2.75) is 39.5 Å². The van der Waals surface area contributed by atoms with Gasteiger partial charge in [0.15, 0.2) is 6.73 Å². The van der Waals surface area contributed by atoms with Crippen LogP contribution in [0.5, 0.6) is 17.2 Å². The molecule has 0 bridgehead atoms. The molecule has 2 aromatic heterocycles. The van der Waals surface area contributed by atoms with Crippen molar-refractivity contribution < 1.29 is 14.2 Å². The molecule has 0 radical (unpaired) electrons. The van der Waals surface area contributed by atoms with Crippen molar-refractivity contribution >= 4 is 34.9 Å². The molecule has 0 unspecified atom stereocenters. The largest absolute Gasteiger partial charge is 0.497 e. The maximum Gasteiger partial charge on any atom is 0.222 e. The molecule has 5 N–H and O–H groups in total. The molecule has 0 saturated carbocycles. The lowest BCUT2D eigenvalue weighted by molar-refractivity contribution is 0.314. The lowest BCUT2D eigenvalue weighted by Gasteiger charge is -2.25. The number of ether oxygens (including phenoxy) is 3. The lowest BCUT2D eigenvalue weighted by atomic mass is 10.1. The highest BCUT2D eigenvalue weighted by molar-refractivity contribution is 5.67. The smallest absolute Gasteiger partial charge is 0.222 e. The van der Waals surface area contributed by atoms with Crippen molar-refractivity contribution in [2.75, 3.05) is 56.7 Å². The van der Waals surface area contributed by atoms with E-state index in [-0.39, 0.29) is 18.6 Å². The van der Waals surface area contributed by atoms with Crippen molar-refractivity contribution in [3.05, 3.63) is 137 Å². The summed E-state index contributed by atoms with van der Waals surface area (Å²) in [5, 5.41) is 3.36. The normalized spacial score (nSPS) is 11.1. The van der Waals surface area contributed by atoms with Crippen LogP contribution < -0.4 is 35.9 Å². The summed E-state index contributed by atoms with van der Waals surface area (Å²) in [6.07, 6.45) is 1.01. The van der Waals surface area contributed by atoms with E-state index in [1.54, 1.807) is 14.2 Å². The second kappa shape index (κ2) is 18.7. The Morgan fingerprint density at radius 3 is 1.95 bits per heavy atom. The average molecular weight is 755 g/mol. The zero-order valence-corrected chi connectivity index (χ0v) is 32.6. The third-order valence-corrected chi connectivity index (χ3v) is 9.06. The first kappa shape index (κ1) is 39.3. The fourth-order valence-electron chi connectivity index (χ4n) is 6.34. The molecule has 0 atom stereocenters. The molecule has 0 amide bonds. The molecule has 2 heterocycles. The summed E-state index contributed by atoms with van der Waals surface area (Å²) >= 11 is 0. The predicted molar refractivity (Wildman–Crippen MR) is 222 cm³/mol. The Balaban J connectivity index is 1.21. The number of methoxy groups -OCH3 is 2. The van der Waals surface area contributed by atoms with Crippen LogP contribution in [-0.4, -0.2) is 64.8 Å². The van der Waals surface area contributed by atoms with Gasteiger partial charge in [-0.1, -0.05) is 67.6 Å². The first-order valence-corrected chi connectivity index (χ1v) is 18.4. The lowest BCUT2D eigenvalue weighted by Crippen LogP contribution is -2.25. The number of aryl methyl sites for hydroxylation is 1. The minimum absolute atomic E-state index is 0.0901. The summed E-state index contributed by atoms with van der Waals surface area (Å²) in [6, 6.07) is 36.0. The van der Waals surface area contributed by atoms with Gasteiger partial charge in [-0.25, -0.2) is 9.97 Å². The van der Waals surface area contributed by atoms with Crippen LogP contribution in [0.2, 0.25) is 0 Å². The molecule has 0 aliphatic rings. The van der Waals surface area contributed by atoms with Gasteiger partial charge in [0.25, 0.3) is 0 Å². The van der Waals surface area contributed by atoms with Crippen LogP contribution in [-0.2, 0) is 32.6 Å². The third-order valence-electron chi connectivity index (χ3n) is 9.06. The van der Waals surface area contributed by atoms with Gasteiger partial charge in [-0.05, 0) is 61.5 Å². The monoisotopic (exact) mass is 754 g/mol. The van der Waals surface area contributed by atoms with Crippen molar-refractivity contribution in [1.29, 1.82) is 0 Å². The predicted octanol–water partition coefficient (Wildman–Crippen LogP) is 7.19. The first-order valence-electron chi connectivity index (χ1n) is 18.4. The van der Waals surface area contributed by atoms with Gasteiger partial charge in [0.1, 0.15) is 28.9 Å². The Morgan fingerprint density at radius 2 is 1.27 bits per heavy atom. The number of anilines is 6. The SMILES string of the molecule is CCc1ccc(CN(C)Cc2cc(N(COc3ccc(OC)c(Nc4cc(CN(C)Cc5ccccc5)nc(N)n4)c3)c3cccc(OC)c3)nc(N)n2)cc1. The number of aromatic nitrogens is 4. The van der Waals surface area contributed by atoms with E-state index in [0.29, 0.717) is 47.7 Å². The second-order valence-corrected chi connectivity index (χ2v) is 13.6. The molecule has 13 heteroatoms. The van der Waals surface area contributed by atoms with Crippen LogP contribution in [0, 0.1) is 0 Å². The van der Waals surface area contributed by atoms with Crippen molar-refractivity contribution in [1.82, 2.24) is 29.7 Å². The average Bonchev–Trinajstić information content (AvgIpc) is 3.18. The van der Waals surface area contributed by atoms with Crippen LogP contribution in [0.15, 0.2) is 109 Å². The van der Waals surface area contributed by atoms with E-state index in [1.165, 1.54) is 16.7 Å².